The van der Waals surface area contributed by atoms with Gasteiger partial charge in [-0.15, -0.1) is 0 Å². The average molecular weight is 665 g/mol. The van der Waals surface area contributed by atoms with E-state index >= 15 is 0 Å². The third kappa shape index (κ3) is 4.74. The van der Waals surface area contributed by atoms with Crippen LogP contribution in [0.25, 0.3) is 0 Å². The smallest absolute Gasteiger partial charge is 0.404 e. The molecule has 4 bridgehead atoms. The van der Waals surface area contributed by atoms with Gasteiger partial charge in [-0.05, 0) is 94.8 Å². The quantitative estimate of drug-likeness (QED) is 0.220. The topological polar surface area (TPSA) is 132 Å². The largest absolute Gasteiger partial charge is 0.508 e. The fourth-order valence-corrected chi connectivity index (χ4v) is 9.36. The molecule has 0 saturated heterocycles. The molecule has 11 nitrogen and oxygen atoms in total. The molecule has 2 heterocycles. The molecule has 0 radical (unpaired) electrons. The van der Waals surface area contributed by atoms with Crippen LogP contribution in [0.3, 0.4) is 0 Å². The van der Waals surface area contributed by atoms with Gasteiger partial charge >= 0.3 is 5.82 Å². The Balaban J connectivity index is 1.23. The van der Waals surface area contributed by atoms with Crippen molar-refractivity contribution in [2.45, 2.75) is 62.9 Å². The number of halogens is 1. The lowest BCUT2D eigenvalue weighted by Gasteiger charge is -2.61. The Morgan fingerprint density at radius 1 is 1.14 bits per heavy atom. The summed E-state index contributed by atoms with van der Waals surface area (Å²) in [6.07, 6.45) is 8.04. The summed E-state index contributed by atoms with van der Waals surface area (Å²) in [7, 11) is 3.18. The van der Waals surface area contributed by atoms with Crippen molar-refractivity contribution in [1.82, 2.24) is 14.8 Å². The molecular weight excluding hydrogens is 630 g/mol. The Bertz CT molecular complexity index is 1670. The maximum absolute atomic E-state index is 14.4. The van der Waals surface area contributed by atoms with Gasteiger partial charge in [0.25, 0.3) is 0 Å². The Kier molecular flexibility index (Phi) is 6.95. The van der Waals surface area contributed by atoms with Crippen LogP contribution < -0.4 is 9.47 Å². The molecule has 44 heavy (non-hydrogen) atoms. The molecule has 4 aliphatic carbocycles. The predicted molar refractivity (Wildman–Crippen MR) is 165 cm³/mol. The fraction of sp³-hybridized carbons (Fsp3) is 0.469. The van der Waals surface area contributed by atoms with E-state index in [0.29, 0.717) is 51.9 Å². The third-order valence-electron chi connectivity index (χ3n) is 10.2. The number of rotatable bonds is 8. The summed E-state index contributed by atoms with van der Waals surface area (Å²) in [4.78, 5) is 25.5. The van der Waals surface area contributed by atoms with Gasteiger partial charge in [-0.2, -0.15) is 9.78 Å². The molecule has 3 aromatic rings. The molecular formula is C32H34BrN5O6. The zero-order valence-electron chi connectivity index (χ0n) is 24.6. The second-order valence-electron chi connectivity index (χ2n) is 13.0. The van der Waals surface area contributed by atoms with Crippen molar-refractivity contribution in [1.29, 1.82) is 0 Å². The van der Waals surface area contributed by atoms with Crippen molar-refractivity contribution in [2.24, 2.45) is 22.4 Å². The normalized spacial score (nSPS) is 28.7. The number of benzene rings is 2. The standard InChI is InChI=1S/C32H34BrN5O6/c1-43-21-7-8-22(28(10-21)44-2)25-11-26(23-5-3-4-6-27(23)39)37(34-25)29(40)16-31-12-19-9-20(13-31)15-32(14-19,18-31)36-17-24(33)30(35-36)38(41)42/h3-8,10,17,19-20,26,39H,9,11-16,18H2,1-2H3/t19-,20+,26-,31?,32?/m0/s1. The highest BCUT2D eigenvalue weighted by Gasteiger charge is 2.61. The molecule has 0 spiro atoms. The van der Waals surface area contributed by atoms with Crippen molar-refractivity contribution in [3.8, 4) is 17.2 Å². The number of para-hydroxylation sites is 1. The maximum Gasteiger partial charge on any atom is 0.404 e. The third-order valence-corrected chi connectivity index (χ3v) is 10.7. The molecule has 2 unspecified atom stereocenters. The van der Waals surface area contributed by atoms with Crippen LogP contribution in [0.5, 0.6) is 17.2 Å². The van der Waals surface area contributed by atoms with Gasteiger partial charge in [0.2, 0.25) is 5.91 Å². The first-order valence-corrected chi connectivity index (χ1v) is 15.7. The summed E-state index contributed by atoms with van der Waals surface area (Å²) in [6, 6.07) is 12.1. The van der Waals surface area contributed by atoms with Crippen LogP contribution in [-0.2, 0) is 10.3 Å². The van der Waals surface area contributed by atoms with Gasteiger partial charge in [-0.1, -0.05) is 18.2 Å². The Morgan fingerprint density at radius 2 is 1.89 bits per heavy atom. The summed E-state index contributed by atoms with van der Waals surface area (Å²) in [5.74, 6) is 1.96. The number of hydrazone groups is 1. The first-order chi connectivity index (χ1) is 21.1. The molecule has 8 rings (SSSR count). The summed E-state index contributed by atoms with van der Waals surface area (Å²) < 4.78 is 13.2. The highest BCUT2D eigenvalue weighted by atomic mass is 79.9. The highest BCUT2D eigenvalue weighted by molar-refractivity contribution is 9.10. The number of amides is 1. The van der Waals surface area contributed by atoms with Crippen LogP contribution in [-0.4, -0.2) is 50.7 Å². The number of nitrogens with zero attached hydrogens (tertiary/aromatic N) is 5. The molecule has 1 N–H and O–H groups in total. The number of phenols is 1. The summed E-state index contributed by atoms with van der Waals surface area (Å²) in [5, 5.41) is 33.3. The monoisotopic (exact) mass is 663 g/mol. The molecule has 2 aromatic carbocycles. The van der Waals surface area contributed by atoms with Crippen molar-refractivity contribution < 1.29 is 24.3 Å². The minimum absolute atomic E-state index is 0.0922. The Hall–Kier alpha value is -3.93. The van der Waals surface area contributed by atoms with Gasteiger partial charge in [-0.3, -0.25) is 4.79 Å². The maximum atomic E-state index is 14.4. The highest BCUT2D eigenvalue weighted by Crippen LogP contribution is 2.65. The second-order valence-corrected chi connectivity index (χ2v) is 13.8. The molecule has 1 amide bonds. The number of carbonyl (C=O) groups is 1. The molecule has 1 aliphatic heterocycles. The van der Waals surface area contributed by atoms with Gasteiger partial charge < -0.3 is 24.7 Å². The second kappa shape index (κ2) is 10.6. The molecule has 5 aliphatic rings. The van der Waals surface area contributed by atoms with E-state index in [1.54, 1.807) is 43.6 Å². The molecule has 4 saturated carbocycles. The van der Waals surface area contributed by atoms with E-state index in [0.717, 1.165) is 44.1 Å². The van der Waals surface area contributed by atoms with E-state index in [2.05, 4.69) is 21.0 Å². The van der Waals surface area contributed by atoms with E-state index in [1.165, 1.54) is 0 Å². The lowest BCUT2D eigenvalue weighted by atomic mass is 9.46. The number of carbonyl (C=O) groups excluding carboxylic acids is 1. The summed E-state index contributed by atoms with van der Waals surface area (Å²) >= 11 is 3.34. The first kappa shape index (κ1) is 28.8. The number of aromatic hydroxyl groups is 1. The summed E-state index contributed by atoms with van der Waals surface area (Å²) in [6.45, 7) is 0. The Labute approximate surface area is 263 Å². The van der Waals surface area contributed by atoms with Crippen LogP contribution in [0.4, 0.5) is 5.82 Å². The SMILES string of the molecule is COc1ccc(C2=NN(C(=O)CC34C[C@H]5C[C@@H](C3)CC(n3cc(Br)c([N+](=O)[O-])n3)(C5)C4)[C@H](c3ccccc3O)C2)c(OC)c1. The van der Waals surface area contributed by atoms with Gasteiger partial charge in [0.1, 0.15) is 21.7 Å². The van der Waals surface area contributed by atoms with E-state index in [-0.39, 0.29) is 28.4 Å². The zero-order valence-corrected chi connectivity index (χ0v) is 26.2. The van der Waals surface area contributed by atoms with E-state index in [4.69, 9.17) is 14.6 Å². The van der Waals surface area contributed by atoms with Crippen LogP contribution in [0.1, 0.15) is 68.5 Å². The fourth-order valence-electron chi connectivity index (χ4n) is 8.94. The number of hydrogen-bond donors (Lipinski definition) is 1. The van der Waals surface area contributed by atoms with Gasteiger partial charge in [0.05, 0.1) is 42.8 Å². The van der Waals surface area contributed by atoms with Crippen LogP contribution in [0.2, 0.25) is 0 Å². The van der Waals surface area contributed by atoms with Gasteiger partial charge in [0.15, 0.2) is 0 Å². The average Bonchev–Trinajstić information content (AvgIpc) is 3.61. The lowest BCUT2D eigenvalue weighted by Crippen LogP contribution is -2.57. The van der Waals surface area contributed by atoms with Crippen LogP contribution in [0, 0.1) is 27.4 Å². The molecule has 1 aromatic heterocycles. The van der Waals surface area contributed by atoms with Gasteiger partial charge in [0, 0.05) is 30.0 Å². The minimum atomic E-state index is -0.474. The van der Waals surface area contributed by atoms with E-state index in [1.807, 2.05) is 28.9 Å². The van der Waals surface area contributed by atoms with Crippen LogP contribution >= 0.6 is 15.9 Å². The molecule has 12 heteroatoms. The Morgan fingerprint density at radius 3 is 2.55 bits per heavy atom. The van der Waals surface area contributed by atoms with E-state index < -0.39 is 11.0 Å². The molecule has 5 atom stereocenters. The van der Waals surface area contributed by atoms with Crippen molar-refractivity contribution in [2.75, 3.05) is 14.2 Å². The number of hydrogen-bond acceptors (Lipinski definition) is 8. The lowest BCUT2D eigenvalue weighted by molar-refractivity contribution is -0.390. The molecule has 4 fully saturated rings. The first-order valence-electron chi connectivity index (χ1n) is 14.9. The zero-order chi connectivity index (χ0) is 30.8. The van der Waals surface area contributed by atoms with Crippen molar-refractivity contribution in [3.05, 3.63) is 74.4 Å². The minimum Gasteiger partial charge on any atom is -0.508 e. The molecule has 230 valence electrons. The van der Waals surface area contributed by atoms with E-state index in [9.17, 15) is 20.0 Å². The number of methoxy groups -OCH3 is 2. The number of aromatic nitrogens is 2. The van der Waals surface area contributed by atoms with Gasteiger partial charge in [-0.25, -0.2) is 5.01 Å². The van der Waals surface area contributed by atoms with Crippen LogP contribution in [0.15, 0.2) is 58.2 Å². The number of ether oxygens (including phenoxy) is 2. The predicted octanol–water partition coefficient (Wildman–Crippen LogP) is 6.34. The van der Waals surface area contributed by atoms with Crippen molar-refractivity contribution >= 4 is 33.4 Å². The van der Waals surface area contributed by atoms with Crippen molar-refractivity contribution in [3.63, 3.8) is 0 Å². The summed E-state index contributed by atoms with van der Waals surface area (Å²) in [5.41, 5.74) is 1.50. The number of phenolic OH excluding ortho intramolecular Hbond substituents is 1. The number of nitro groups is 1.